The van der Waals surface area contributed by atoms with Crippen molar-refractivity contribution >= 4 is 11.4 Å². The summed E-state index contributed by atoms with van der Waals surface area (Å²) in [6.45, 7) is 1.96. The van der Waals surface area contributed by atoms with Crippen LogP contribution in [0.2, 0.25) is 0 Å². The summed E-state index contributed by atoms with van der Waals surface area (Å²) in [5.41, 5.74) is 2.95. The van der Waals surface area contributed by atoms with Crippen molar-refractivity contribution < 1.29 is 0 Å². The van der Waals surface area contributed by atoms with Crippen molar-refractivity contribution in [3.63, 3.8) is 0 Å². The minimum absolute atomic E-state index is 0.717. The third-order valence-corrected chi connectivity index (χ3v) is 2.30. The molecule has 3 nitrogen and oxygen atoms in total. The van der Waals surface area contributed by atoms with Gasteiger partial charge in [0.1, 0.15) is 0 Å². The molecule has 13 heavy (non-hydrogen) atoms. The van der Waals surface area contributed by atoms with Crippen molar-refractivity contribution in [1.29, 1.82) is 5.26 Å². The van der Waals surface area contributed by atoms with Crippen molar-refractivity contribution in [3.05, 3.63) is 23.8 Å². The van der Waals surface area contributed by atoms with Gasteiger partial charge in [-0.05, 0) is 18.2 Å². The van der Waals surface area contributed by atoms with E-state index in [0.717, 1.165) is 24.5 Å². The van der Waals surface area contributed by atoms with Gasteiger partial charge in [0.15, 0.2) is 0 Å². The summed E-state index contributed by atoms with van der Waals surface area (Å²) in [5.74, 6) is 0. The Balaban J connectivity index is 2.48. The first-order valence-electron chi connectivity index (χ1n) is 4.30. The van der Waals surface area contributed by atoms with Crippen LogP contribution in [0, 0.1) is 11.3 Å². The Morgan fingerprint density at radius 1 is 1.54 bits per heavy atom. The maximum absolute atomic E-state index is 8.74. The number of rotatable bonds is 0. The number of likely N-dealkylation sites (N-methyl/N-ethyl adjacent to an activating group) is 1. The van der Waals surface area contributed by atoms with Crippen LogP contribution in [0.3, 0.4) is 0 Å². The third-order valence-electron chi connectivity index (χ3n) is 2.30. The number of fused-ring (bicyclic) bond motifs is 1. The first kappa shape index (κ1) is 7.93. The highest BCUT2D eigenvalue weighted by Crippen LogP contribution is 2.28. The monoisotopic (exact) mass is 173 g/mol. The van der Waals surface area contributed by atoms with Gasteiger partial charge in [-0.1, -0.05) is 0 Å². The molecule has 1 heterocycles. The van der Waals surface area contributed by atoms with E-state index in [-0.39, 0.29) is 0 Å². The Kier molecular flexibility index (Phi) is 1.82. The fourth-order valence-electron chi connectivity index (χ4n) is 1.55. The second kappa shape index (κ2) is 2.98. The number of hydrogen-bond donors (Lipinski definition) is 1. The van der Waals surface area contributed by atoms with Gasteiger partial charge in [-0.3, -0.25) is 0 Å². The van der Waals surface area contributed by atoms with E-state index in [0.29, 0.717) is 5.56 Å². The molecule has 1 aliphatic heterocycles. The smallest absolute Gasteiger partial charge is 0.0992 e. The molecule has 1 aromatic rings. The first-order chi connectivity index (χ1) is 6.31. The second-order valence-corrected chi connectivity index (χ2v) is 3.19. The van der Waals surface area contributed by atoms with Gasteiger partial charge in [0, 0.05) is 20.1 Å². The molecule has 0 radical (unpaired) electrons. The van der Waals surface area contributed by atoms with E-state index in [1.165, 1.54) is 0 Å². The predicted octanol–water partition coefficient (Wildman–Crippen LogP) is 1.42. The van der Waals surface area contributed by atoms with Crippen LogP contribution < -0.4 is 10.2 Å². The topological polar surface area (TPSA) is 39.1 Å². The lowest BCUT2D eigenvalue weighted by Gasteiger charge is -2.28. The van der Waals surface area contributed by atoms with Crippen molar-refractivity contribution in [2.24, 2.45) is 0 Å². The Morgan fingerprint density at radius 2 is 2.38 bits per heavy atom. The molecule has 0 unspecified atom stereocenters. The van der Waals surface area contributed by atoms with Crippen molar-refractivity contribution in [3.8, 4) is 6.07 Å². The maximum atomic E-state index is 8.74. The minimum Gasteiger partial charge on any atom is -0.382 e. The molecule has 1 aliphatic rings. The minimum atomic E-state index is 0.717. The van der Waals surface area contributed by atoms with Crippen LogP contribution in [-0.4, -0.2) is 20.1 Å². The second-order valence-electron chi connectivity index (χ2n) is 3.19. The number of anilines is 2. The van der Waals surface area contributed by atoms with E-state index in [2.05, 4.69) is 16.3 Å². The lowest BCUT2D eigenvalue weighted by atomic mass is 10.1. The summed E-state index contributed by atoms with van der Waals surface area (Å²) in [7, 11) is 2.04. The summed E-state index contributed by atoms with van der Waals surface area (Å²) < 4.78 is 0. The van der Waals surface area contributed by atoms with E-state index in [9.17, 15) is 0 Å². The average molecular weight is 173 g/mol. The van der Waals surface area contributed by atoms with Crippen LogP contribution in [0.25, 0.3) is 0 Å². The summed E-state index contributed by atoms with van der Waals surface area (Å²) in [5, 5.41) is 12.0. The number of nitrogens with zero attached hydrogens (tertiary/aromatic N) is 2. The lowest BCUT2D eigenvalue weighted by Crippen LogP contribution is -2.30. The molecule has 3 heteroatoms. The Morgan fingerprint density at radius 3 is 3.15 bits per heavy atom. The van der Waals surface area contributed by atoms with Crippen LogP contribution in [0.4, 0.5) is 11.4 Å². The van der Waals surface area contributed by atoms with E-state index in [4.69, 9.17) is 5.26 Å². The highest BCUT2D eigenvalue weighted by molar-refractivity contribution is 5.73. The highest BCUT2D eigenvalue weighted by Gasteiger charge is 2.12. The third kappa shape index (κ3) is 1.31. The van der Waals surface area contributed by atoms with E-state index >= 15 is 0 Å². The number of nitriles is 1. The number of benzene rings is 1. The van der Waals surface area contributed by atoms with Gasteiger partial charge in [-0.2, -0.15) is 5.26 Å². The van der Waals surface area contributed by atoms with Crippen molar-refractivity contribution in [2.45, 2.75) is 0 Å². The fraction of sp³-hybridized carbons (Fsp3) is 0.300. The van der Waals surface area contributed by atoms with Crippen molar-refractivity contribution in [1.82, 2.24) is 0 Å². The molecule has 0 saturated heterocycles. The highest BCUT2D eigenvalue weighted by atomic mass is 15.2. The first-order valence-corrected chi connectivity index (χ1v) is 4.30. The Hall–Kier alpha value is -1.69. The molecule has 0 amide bonds. The van der Waals surface area contributed by atoms with Crippen LogP contribution in [0.5, 0.6) is 0 Å². The molecule has 0 aliphatic carbocycles. The molecule has 0 saturated carbocycles. The van der Waals surface area contributed by atoms with E-state index < -0.39 is 0 Å². The molecule has 0 atom stereocenters. The number of hydrogen-bond acceptors (Lipinski definition) is 3. The van der Waals surface area contributed by atoms with Gasteiger partial charge in [0.2, 0.25) is 0 Å². The molecule has 66 valence electrons. The summed E-state index contributed by atoms with van der Waals surface area (Å²) in [6, 6.07) is 7.86. The largest absolute Gasteiger partial charge is 0.382 e. The van der Waals surface area contributed by atoms with Crippen LogP contribution in [-0.2, 0) is 0 Å². The maximum Gasteiger partial charge on any atom is 0.0992 e. The Bertz CT molecular complexity index is 365. The normalized spacial score (nSPS) is 14.3. The SMILES string of the molecule is CN1CCNc2ccc(C#N)cc21. The Labute approximate surface area is 77.6 Å². The molecular weight excluding hydrogens is 162 g/mol. The molecule has 2 rings (SSSR count). The molecule has 0 bridgehead atoms. The van der Waals surface area contributed by atoms with E-state index in [1.54, 1.807) is 0 Å². The standard InChI is InChI=1S/C10H11N3/c1-13-5-4-12-9-3-2-8(7-11)6-10(9)13/h2-3,6,12H,4-5H2,1H3. The van der Waals surface area contributed by atoms with E-state index in [1.807, 2.05) is 25.2 Å². The van der Waals surface area contributed by atoms with Gasteiger partial charge in [-0.25, -0.2) is 0 Å². The van der Waals surface area contributed by atoms with Gasteiger partial charge in [0.05, 0.1) is 23.0 Å². The lowest BCUT2D eigenvalue weighted by molar-refractivity contribution is 0.886. The molecular formula is C10H11N3. The van der Waals surface area contributed by atoms with Gasteiger partial charge in [0.25, 0.3) is 0 Å². The van der Waals surface area contributed by atoms with Crippen molar-refractivity contribution in [2.75, 3.05) is 30.4 Å². The summed E-state index contributed by atoms with van der Waals surface area (Å²) >= 11 is 0. The number of nitrogens with one attached hydrogen (secondary N) is 1. The average Bonchev–Trinajstić information content (AvgIpc) is 2.18. The molecule has 1 N–H and O–H groups in total. The molecule has 0 spiro atoms. The van der Waals surface area contributed by atoms with Gasteiger partial charge >= 0.3 is 0 Å². The van der Waals surface area contributed by atoms with Crippen LogP contribution in [0.1, 0.15) is 5.56 Å². The molecule has 1 aromatic carbocycles. The fourth-order valence-corrected chi connectivity index (χ4v) is 1.55. The zero-order chi connectivity index (χ0) is 9.26. The van der Waals surface area contributed by atoms with Gasteiger partial charge < -0.3 is 10.2 Å². The molecule has 0 aromatic heterocycles. The summed E-state index contributed by atoms with van der Waals surface area (Å²) in [6.07, 6.45) is 0. The quantitative estimate of drug-likeness (QED) is 0.645. The zero-order valence-corrected chi connectivity index (χ0v) is 7.54. The van der Waals surface area contributed by atoms with Gasteiger partial charge in [-0.15, -0.1) is 0 Å². The zero-order valence-electron chi connectivity index (χ0n) is 7.54. The summed E-state index contributed by atoms with van der Waals surface area (Å²) in [4.78, 5) is 2.16. The predicted molar refractivity (Wildman–Crippen MR) is 52.9 cm³/mol. The van der Waals surface area contributed by atoms with Crippen LogP contribution >= 0.6 is 0 Å². The van der Waals surface area contributed by atoms with Crippen LogP contribution in [0.15, 0.2) is 18.2 Å². The molecule has 0 fully saturated rings.